The summed E-state index contributed by atoms with van der Waals surface area (Å²) >= 11 is 3.31. The maximum Gasteiger partial charge on any atom is 0.191 e. The van der Waals surface area contributed by atoms with E-state index in [0.717, 1.165) is 23.4 Å². The molecular weight excluding hydrogens is 182 g/mol. The van der Waals surface area contributed by atoms with Crippen molar-refractivity contribution in [2.75, 3.05) is 5.33 Å². The van der Waals surface area contributed by atoms with Crippen molar-refractivity contribution in [3.8, 4) is 0 Å². The van der Waals surface area contributed by atoms with E-state index in [1.807, 2.05) is 6.92 Å². The Morgan fingerprint density at radius 2 is 2.56 bits per heavy atom. The topological polar surface area (TPSA) is 26.0 Å². The number of nitrogens with zero attached hydrogens (tertiary/aromatic N) is 1. The van der Waals surface area contributed by atoms with Crippen LogP contribution in [0.25, 0.3) is 0 Å². The molecule has 0 saturated heterocycles. The Morgan fingerprint density at radius 1 is 1.78 bits per heavy atom. The molecule has 1 rings (SSSR count). The molecular formula is C6H8BrNO. The van der Waals surface area contributed by atoms with Gasteiger partial charge in [0, 0.05) is 18.7 Å². The first kappa shape index (κ1) is 6.81. The number of rotatable bonds is 2. The highest BCUT2D eigenvalue weighted by atomic mass is 79.9. The number of hydrogen-bond acceptors (Lipinski definition) is 2. The standard InChI is InChI=1S/C6H8BrNO/c1-5-8-4-6(9-5)2-3-7/h4H,2-3H2,1H3. The molecule has 0 bridgehead atoms. The van der Waals surface area contributed by atoms with Gasteiger partial charge >= 0.3 is 0 Å². The molecule has 0 unspecified atom stereocenters. The fraction of sp³-hybridized carbons (Fsp3) is 0.500. The van der Waals surface area contributed by atoms with Crippen LogP contribution < -0.4 is 0 Å². The summed E-state index contributed by atoms with van der Waals surface area (Å²) in [5, 5.41) is 0.932. The third-order valence-corrected chi connectivity index (χ3v) is 1.41. The lowest BCUT2D eigenvalue weighted by Crippen LogP contribution is -1.78. The second kappa shape index (κ2) is 3.01. The second-order valence-electron chi connectivity index (χ2n) is 1.78. The molecule has 50 valence electrons. The lowest BCUT2D eigenvalue weighted by atomic mass is 10.4. The molecule has 9 heavy (non-hydrogen) atoms. The SMILES string of the molecule is Cc1ncc(CCBr)o1. The Bertz CT molecular complexity index is 185. The first-order valence-corrected chi connectivity index (χ1v) is 3.92. The van der Waals surface area contributed by atoms with E-state index in [9.17, 15) is 0 Å². The van der Waals surface area contributed by atoms with Crippen LogP contribution in [0.4, 0.5) is 0 Å². The van der Waals surface area contributed by atoms with Gasteiger partial charge in [-0.3, -0.25) is 0 Å². The molecule has 0 N–H and O–H groups in total. The molecule has 0 aromatic carbocycles. The summed E-state index contributed by atoms with van der Waals surface area (Å²) in [6.45, 7) is 1.84. The maximum absolute atomic E-state index is 5.18. The Labute approximate surface area is 62.4 Å². The van der Waals surface area contributed by atoms with E-state index in [1.54, 1.807) is 6.20 Å². The summed E-state index contributed by atoms with van der Waals surface area (Å²) in [6, 6.07) is 0. The van der Waals surface area contributed by atoms with Gasteiger partial charge in [0.2, 0.25) is 0 Å². The second-order valence-corrected chi connectivity index (χ2v) is 2.58. The normalized spacial score (nSPS) is 10.0. The summed E-state index contributed by atoms with van der Waals surface area (Å²) in [5.41, 5.74) is 0. The molecule has 0 atom stereocenters. The van der Waals surface area contributed by atoms with Crippen LogP contribution in [-0.4, -0.2) is 10.3 Å². The van der Waals surface area contributed by atoms with Gasteiger partial charge in [0.05, 0.1) is 6.20 Å². The number of aryl methyl sites for hydroxylation is 2. The van der Waals surface area contributed by atoms with Gasteiger partial charge in [0.1, 0.15) is 5.76 Å². The highest BCUT2D eigenvalue weighted by Gasteiger charge is 1.96. The van der Waals surface area contributed by atoms with Crippen molar-refractivity contribution in [3.05, 3.63) is 17.8 Å². The Balaban J connectivity index is 2.61. The average molecular weight is 190 g/mol. The van der Waals surface area contributed by atoms with Crippen LogP contribution in [0.5, 0.6) is 0 Å². The smallest absolute Gasteiger partial charge is 0.191 e. The largest absolute Gasteiger partial charge is 0.446 e. The van der Waals surface area contributed by atoms with E-state index in [2.05, 4.69) is 20.9 Å². The fourth-order valence-corrected chi connectivity index (χ4v) is 1.00. The van der Waals surface area contributed by atoms with Gasteiger partial charge in [0.15, 0.2) is 5.89 Å². The van der Waals surface area contributed by atoms with E-state index in [1.165, 1.54) is 0 Å². The van der Waals surface area contributed by atoms with Gasteiger partial charge in [-0.2, -0.15) is 0 Å². The Kier molecular flexibility index (Phi) is 2.28. The van der Waals surface area contributed by atoms with Crippen molar-refractivity contribution in [1.29, 1.82) is 0 Å². The van der Waals surface area contributed by atoms with E-state index in [0.29, 0.717) is 0 Å². The molecule has 2 nitrogen and oxygen atoms in total. The van der Waals surface area contributed by atoms with Gasteiger partial charge < -0.3 is 4.42 Å². The molecule has 0 amide bonds. The molecule has 0 aliphatic rings. The van der Waals surface area contributed by atoms with Gasteiger partial charge in [-0.1, -0.05) is 15.9 Å². The molecule has 0 radical (unpaired) electrons. The Hall–Kier alpha value is -0.310. The van der Waals surface area contributed by atoms with Gasteiger partial charge in [-0.15, -0.1) is 0 Å². The number of aromatic nitrogens is 1. The molecule has 0 fully saturated rings. The predicted octanol–water partition coefficient (Wildman–Crippen LogP) is 1.92. The van der Waals surface area contributed by atoms with Crippen molar-refractivity contribution < 1.29 is 4.42 Å². The molecule has 0 aliphatic heterocycles. The minimum absolute atomic E-state index is 0.742. The van der Waals surface area contributed by atoms with E-state index >= 15 is 0 Å². The first-order valence-electron chi connectivity index (χ1n) is 2.80. The summed E-state index contributed by atoms with van der Waals surface area (Å²) in [7, 11) is 0. The lowest BCUT2D eigenvalue weighted by molar-refractivity contribution is 0.481. The van der Waals surface area contributed by atoms with Gasteiger partial charge in [-0.25, -0.2) is 4.98 Å². The fourth-order valence-electron chi connectivity index (χ4n) is 0.614. The number of halogens is 1. The zero-order valence-electron chi connectivity index (χ0n) is 5.22. The summed E-state index contributed by atoms with van der Waals surface area (Å²) in [4.78, 5) is 3.95. The van der Waals surface area contributed by atoms with Crippen LogP contribution in [0.2, 0.25) is 0 Å². The van der Waals surface area contributed by atoms with Crippen LogP contribution in [0.15, 0.2) is 10.6 Å². The number of oxazole rings is 1. The van der Waals surface area contributed by atoms with E-state index < -0.39 is 0 Å². The molecule has 1 heterocycles. The monoisotopic (exact) mass is 189 g/mol. The quantitative estimate of drug-likeness (QED) is 0.665. The minimum Gasteiger partial charge on any atom is -0.446 e. The zero-order chi connectivity index (χ0) is 6.69. The van der Waals surface area contributed by atoms with Crippen LogP contribution in [0, 0.1) is 6.92 Å². The van der Waals surface area contributed by atoms with Crippen LogP contribution in [-0.2, 0) is 6.42 Å². The van der Waals surface area contributed by atoms with Crippen molar-refractivity contribution in [2.24, 2.45) is 0 Å². The Morgan fingerprint density at radius 3 is 3.00 bits per heavy atom. The summed E-state index contributed by atoms with van der Waals surface area (Å²) < 4.78 is 5.18. The molecule has 0 saturated carbocycles. The van der Waals surface area contributed by atoms with Crippen molar-refractivity contribution in [3.63, 3.8) is 0 Å². The third kappa shape index (κ3) is 1.82. The number of alkyl halides is 1. The predicted molar refractivity (Wildman–Crippen MR) is 38.7 cm³/mol. The highest BCUT2D eigenvalue weighted by Crippen LogP contribution is 2.03. The van der Waals surface area contributed by atoms with E-state index in [-0.39, 0.29) is 0 Å². The molecule has 1 aromatic heterocycles. The highest BCUT2D eigenvalue weighted by molar-refractivity contribution is 9.09. The van der Waals surface area contributed by atoms with Gasteiger partial charge in [0.25, 0.3) is 0 Å². The lowest BCUT2D eigenvalue weighted by Gasteiger charge is -1.84. The average Bonchev–Trinajstić information content (AvgIpc) is 2.17. The summed E-state index contributed by atoms with van der Waals surface area (Å²) in [5.74, 6) is 1.69. The van der Waals surface area contributed by atoms with Crippen LogP contribution in [0.1, 0.15) is 11.7 Å². The number of hydrogen-bond donors (Lipinski definition) is 0. The van der Waals surface area contributed by atoms with E-state index in [4.69, 9.17) is 4.42 Å². The van der Waals surface area contributed by atoms with Crippen molar-refractivity contribution in [2.45, 2.75) is 13.3 Å². The van der Waals surface area contributed by atoms with Crippen LogP contribution >= 0.6 is 15.9 Å². The summed E-state index contributed by atoms with van der Waals surface area (Å²) in [6.07, 6.45) is 2.68. The van der Waals surface area contributed by atoms with Gasteiger partial charge in [-0.05, 0) is 0 Å². The third-order valence-electron chi connectivity index (χ3n) is 1.01. The van der Waals surface area contributed by atoms with Crippen molar-refractivity contribution >= 4 is 15.9 Å². The van der Waals surface area contributed by atoms with Crippen molar-refractivity contribution in [1.82, 2.24) is 4.98 Å². The molecule has 3 heteroatoms. The maximum atomic E-state index is 5.18. The molecule has 0 aliphatic carbocycles. The first-order chi connectivity index (χ1) is 4.33. The zero-order valence-corrected chi connectivity index (χ0v) is 6.81. The minimum atomic E-state index is 0.742. The van der Waals surface area contributed by atoms with Crippen LogP contribution in [0.3, 0.4) is 0 Å². The molecule has 1 aromatic rings. The molecule has 0 spiro atoms.